The van der Waals surface area contributed by atoms with Crippen LogP contribution in [0.5, 0.6) is 11.5 Å². The molecular weight excluding hydrogens is 883 g/mol. The highest BCUT2D eigenvalue weighted by molar-refractivity contribution is 6.32. The van der Waals surface area contributed by atoms with Crippen LogP contribution >= 0.6 is 23.2 Å². The van der Waals surface area contributed by atoms with Crippen LogP contribution in [0, 0.1) is 11.8 Å². The quantitative estimate of drug-likeness (QED) is 0.119. The second kappa shape index (κ2) is 19.2. The first kappa shape index (κ1) is 44.1. The summed E-state index contributed by atoms with van der Waals surface area (Å²) in [5.41, 5.74) is 3.63. The van der Waals surface area contributed by atoms with E-state index in [9.17, 15) is 19.2 Å². The summed E-state index contributed by atoms with van der Waals surface area (Å²) in [6.07, 6.45) is 3.75. The Labute approximate surface area is 393 Å². The first-order valence-electron chi connectivity index (χ1n) is 22.8. The van der Waals surface area contributed by atoms with E-state index in [0.29, 0.717) is 46.3 Å². The Kier molecular flexibility index (Phi) is 12.8. The largest absolute Gasteiger partial charge is 0.450 e. The number of benzene rings is 4. The molecule has 66 heavy (non-hydrogen) atoms. The minimum Gasteiger partial charge on any atom is -0.450 e. The Morgan fingerprint density at radius 3 is 1.33 bits per heavy atom. The lowest BCUT2D eigenvalue weighted by atomic mass is 9.84. The Hall–Kier alpha value is -5.80. The van der Waals surface area contributed by atoms with E-state index >= 15 is 0 Å². The van der Waals surface area contributed by atoms with Crippen LogP contribution in [0.25, 0.3) is 0 Å². The van der Waals surface area contributed by atoms with Gasteiger partial charge in [-0.25, -0.2) is 9.59 Å². The molecule has 4 aromatic rings. The van der Waals surface area contributed by atoms with Gasteiger partial charge in [0.1, 0.15) is 0 Å². The number of esters is 2. The number of halogens is 2. The first-order valence-corrected chi connectivity index (χ1v) is 23.6. The first-order chi connectivity index (χ1) is 32.1. The summed E-state index contributed by atoms with van der Waals surface area (Å²) in [5, 5.41) is 7.21. The third-order valence-electron chi connectivity index (χ3n) is 13.7. The van der Waals surface area contributed by atoms with E-state index in [2.05, 4.69) is 20.4 Å². The number of hydrogen-bond donors (Lipinski definition) is 2. The van der Waals surface area contributed by atoms with Crippen molar-refractivity contribution in [2.24, 2.45) is 11.8 Å². The van der Waals surface area contributed by atoms with Gasteiger partial charge < -0.3 is 49.2 Å². The fourth-order valence-electron chi connectivity index (χ4n) is 10.4. The molecule has 12 rings (SSSR count). The Morgan fingerprint density at radius 2 is 0.970 bits per heavy atom. The number of nitrogens with one attached hydrogen (secondary N) is 2. The molecule has 6 fully saturated rings. The van der Waals surface area contributed by atoms with Crippen LogP contribution in [-0.2, 0) is 32.2 Å². The van der Waals surface area contributed by atoms with E-state index in [0.717, 1.165) is 88.2 Å². The zero-order valence-corrected chi connectivity index (χ0v) is 37.9. The number of fused-ring (bicyclic) bond motifs is 8. The van der Waals surface area contributed by atoms with Gasteiger partial charge >= 0.3 is 11.9 Å². The van der Waals surface area contributed by atoms with Crippen LogP contribution in [-0.4, -0.2) is 111 Å². The smallest absolute Gasteiger partial charge is 0.334 e. The van der Waals surface area contributed by atoms with Crippen LogP contribution in [0.1, 0.15) is 57.5 Å². The molecule has 4 atom stereocenters. The summed E-state index contributed by atoms with van der Waals surface area (Å²) in [6, 6.07) is 26.2. The fraction of sp³-hybridized carbons (Fsp3) is 0.400. The van der Waals surface area contributed by atoms with Gasteiger partial charge in [0.15, 0.2) is 11.5 Å². The van der Waals surface area contributed by atoms with Crippen molar-refractivity contribution in [3.05, 3.63) is 129 Å². The SMILES string of the molecule is O=C(/C=C/C(=O)OC1CN(Cc2ccccc2)c2cc(Cl)cc(C(=O)NC3CN4CCC3CC4)c2O1)OC1CN(Cc2ccccc2)c2cc(Cl)cc(C(=O)NC3CN4CCC3CC4)c2O1. The van der Waals surface area contributed by atoms with Gasteiger partial charge in [-0.2, -0.15) is 0 Å². The number of carbonyl (C=O) groups excluding carboxylic acids is 4. The number of nitrogens with zero attached hydrogens (tertiary/aromatic N) is 4. The van der Waals surface area contributed by atoms with Crippen molar-refractivity contribution < 1.29 is 38.1 Å². The third-order valence-corrected chi connectivity index (χ3v) is 14.1. The number of amides is 2. The summed E-state index contributed by atoms with van der Waals surface area (Å²) >= 11 is 13.3. The number of carbonyl (C=O) groups is 4. The molecule has 0 spiro atoms. The molecule has 0 radical (unpaired) electrons. The van der Waals surface area contributed by atoms with Gasteiger partial charge in [-0.05, 0) is 99.1 Å². The predicted octanol–water partition coefficient (Wildman–Crippen LogP) is 6.43. The maximum atomic E-state index is 14.0. The highest BCUT2D eigenvalue weighted by atomic mass is 35.5. The lowest BCUT2D eigenvalue weighted by molar-refractivity contribution is -0.160. The molecule has 344 valence electrons. The molecule has 4 unspecified atom stereocenters. The van der Waals surface area contributed by atoms with Gasteiger partial charge in [0.2, 0.25) is 0 Å². The van der Waals surface area contributed by atoms with Crippen molar-refractivity contribution in [2.75, 3.05) is 62.2 Å². The van der Waals surface area contributed by atoms with Crippen molar-refractivity contribution in [3.63, 3.8) is 0 Å². The van der Waals surface area contributed by atoms with E-state index in [1.54, 1.807) is 24.3 Å². The lowest BCUT2D eigenvalue weighted by Crippen LogP contribution is -2.57. The van der Waals surface area contributed by atoms with Crippen molar-refractivity contribution >= 4 is 58.3 Å². The Balaban J connectivity index is 0.843. The molecule has 8 aliphatic heterocycles. The summed E-state index contributed by atoms with van der Waals surface area (Å²) in [7, 11) is 0. The van der Waals surface area contributed by atoms with Crippen LogP contribution < -0.4 is 29.9 Å². The molecule has 2 amide bonds. The highest BCUT2D eigenvalue weighted by Crippen LogP contribution is 2.42. The van der Waals surface area contributed by atoms with Crippen LogP contribution in [0.3, 0.4) is 0 Å². The molecule has 8 aliphatic rings. The number of hydrogen-bond acceptors (Lipinski definition) is 12. The molecule has 0 aromatic heterocycles. The molecule has 16 heteroatoms. The number of anilines is 2. The molecule has 0 saturated carbocycles. The highest BCUT2D eigenvalue weighted by Gasteiger charge is 2.39. The van der Waals surface area contributed by atoms with Crippen LogP contribution in [0.4, 0.5) is 11.4 Å². The molecule has 0 aliphatic carbocycles. The molecule has 14 nitrogen and oxygen atoms in total. The van der Waals surface area contributed by atoms with Crippen molar-refractivity contribution in [2.45, 2.75) is 63.4 Å². The van der Waals surface area contributed by atoms with Gasteiger partial charge in [-0.15, -0.1) is 0 Å². The van der Waals surface area contributed by atoms with Gasteiger partial charge in [0.25, 0.3) is 24.4 Å². The van der Waals surface area contributed by atoms with E-state index in [1.807, 2.05) is 70.5 Å². The van der Waals surface area contributed by atoms with E-state index < -0.39 is 24.5 Å². The second-order valence-corrected chi connectivity index (χ2v) is 18.9. The summed E-state index contributed by atoms with van der Waals surface area (Å²) in [6.45, 7) is 6.76. The topological polar surface area (TPSA) is 142 Å². The van der Waals surface area contributed by atoms with E-state index in [4.69, 9.17) is 42.1 Å². The summed E-state index contributed by atoms with van der Waals surface area (Å²) < 4.78 is 24.3. The van der Waals surface area contributed by atoms with E-state index in [1.165, 1.54) is 0 Å². The van der Waals surface area contributed by atoms with Crippen LogP contribution in [0.2, 0.25) is 10.0 Å². The maximum Gasteiger partial charge on any atom is 0.334 e. The summed E-state index contributed by atoms with van der Waals surface area (Å²) in [5.74, 6) is -1.09. The van der Waals surface area contributed by atoms with Crippen LogP contribution in [0.15, 0.2) is 97.1 Å². The molecule has 8 heterocycles. The monoisotopic (exact) mass is 934 g/mol. The number of piperidine rings is 6. The van der Waals surface area contributed by atoms with Gasteiger partial charge in [-0.3, -0.25) is 9.59 Å². The van der Waals surface area contributed by atoms with E-state index in [-0.39, 0.29) is 59.6 Å². The minimum absolute atomic E-state index is 0.00211. The minimum atomic E-state index is -1.15. The van der Waals surface area contributed by atoms with Gasteiger partial charge in [0.05, 0.1) is 35.6 Å². The second-order valence-electron chi connectivity index (χ2n) is 18.1. The predicted molar refractivity (Wildman–Crippen MR) is 249 cm³/mol. The fourth-order valence-corrected chi connectivity index (χ4v) is 10.8. The Morgan fingerprint density at radius 1 is 0.576 bits per heavy atom. The lowest BCUT2D eigenvalue weighted by Gasteiger charge is -2.45. The van der Waals surface area contributed by atoms with Crippen molar-refractivity contribution in [1.82, 2.24) is 20.4 Å². The normalized spacial score (nSPS) is 26.1. The average molecular weight is 936 g/mol. The van der Waals surface area contributed by atoms with Gasteiger partial charge in [-0.1, -0.05) is 83.9 Å². The third kappa shape index (κ3) is 9.83. The molecular formula is C50H52Cl2N6O8. The molecule has 6 saturated heterocycles. The number of rotatable bonds is 12. The van der Waals surface area contributed by atoms with Gasteiger partial charge in [0, 0.05) is 60.5 Å². The number of ether oxygens (including phenoxy) is 4. The maximum absolute atomic E-state index is 14.0. The zero-order valence-electron chi connectivity index (χ0n) is 36.4. The summed E-state index contributed by atoms with van der Waals surface area (Å²) in [4.78, 5) is 63.6. The Bertz CT molecular complexity index is 2330. The zero-order chi connectivity index (χ0) is 45.3. The standard InChI is InChI=1S/C50H52Cl2N6O8/c51-35-21-37(49(61)53-39-27-55-17-13-33(39)14-18-55)47-41(23-35)57(25-31-7-3-1-4-8-31)29-45(65-47)63-43(59)11-12-44(60)64-46-30-58(26-32-9-5-2-6-10-32)42-24-36(52)22-38(48(42)66-46)50(62)54-40-28-56-19-15-34(40)16-20-56/h1-12,21-24,33-34,39-40,45-46H,13-20,25-30H2,(H,53,61)(H,54,62)/b12-11+. The molecule has 2 N–H and O–H groups in total. The molecule has 4 bridgehead atoms. The van der Waals surface area contributed by atoms with Crippen molar-refractivity contribution in [1.29, 1.82) is 0 Å². The average Bonchev–Trinajstić information content (AvgIpc) is 3.32. The molecule has 4 aromatic carbocycles. The van der Waals surface area contributed by atoms with Crippen molar-refractivity contribution in [3.8, 4) is 11.5 Å².